The summed E-state index contributed by atoms with van der Waals surface area (Å²) in [7, 11) is 0. The molecule has 2 atom stereocenters. The number of aliphatic carboxylic acids is 1. The van der Waals surface area contributed by atoms with E-state index in [1.165, 1.54) is 0 Å². The average Bonchev–Trinajstić information content (AvgIpc) is 2.45. The minimum absolute atomic E-state index is 0.121. The average molecular weight is 313 g/mol. The van der Waals surface area contributed by atoms with Crippen LogP contribution in [0.2, 0.25) is 5.02 Å². The first kappa shape index (κ1) is 17.3. The summed E-state index contributed by atoms with van der Waals surface area (Å²) in [4.78, 5) is 22.8. The summed E-state index contributed by atoms with van der Waals surface area (Å²) < 4.78 is 0. The Kier molecular flexibility index (Phi) is 7.02. The Balaban J connectivity index is 2.39. The van der Waals surface area contributed by atoms with Crippen molar-refractivity contribution < 1.29 is 14.7 Å². The number of carbonyl (C=O) groups is 2. The second kappa shape index (κ2) is 8.52. The minimum atomic E-state index is -1.02. The fourth-order valence-electron chi connectivity index (χ4n) is 1.85. The lowest BCUT2D eigenvalue weighted by Gasteiger charge is -2.20. The second-order valence-electron chi connectivity index (χ2n) is 4.98. The van der Waals surface area contributed by atoms with Crippen molar-refractivity contribution in [1.82, 2.24) is 10.6 Å². The highest BCUT2D eigenvalue weighted by Crippen LogP contribution is 2.10. The van der Waals surface area contributed by atoms with Crippen LogP contribution in [0.4, 0.5) is 4.79 Å². The predicted molar refractivity (Wildman–Crippen MR) is 82.6 cm³/mol. The van der Waals surface area contributed by atoms with E-state index in [9.17, 15) is 9.59 Å². The quantitative estimate of drug-likeness (QED) is 0.724. The standard InChI is InChI=1S/C15H21ClN2O3/c1-3-10(2)13(14(19)20)18-15(21)17-9-8-11-4-6-12(16)7-5-11/h4-7,10,13H,3,8-9H2,1-2H3,(H,19,20)(H2,17,18,21)/t10?,13-/m0/s1. The Hall–Kier alpha value is -1.75. The van der Waals surface area contributed by atoms with E-state index in [1.54, 1.807) is 19.1 Å². The Morgan fingerprint density at radius 1 is 1.29 bits per heavy atom. The second-order valence-corrected chi connectivity index (χ2v) is 5.41. The molecule has 1 unspecified atom stereocenters. The SMILES string of the molecule is CCC(C)[C@H](NC(=O)NCCc1ccc(Cl)cc1)C(=O)O. The van der Waals surface area contributed by atoms with Crippen molar-refractivity contribution in [2.24, 2.45) is 5.92 Å². The van der Waals surface area contributed by atoms with Gasteiger partial charge >= 0.3 is 12.0 Å². The van der Waals surface area contributed by atoms with E-state index < -0.39 is 18.0 Å². The van der Waals surface area contributed by atoms with Gasteiger partial charge in [-0.1, -0.05) is 44.0 Å². The van der Waals surface area contributed by atoms with Crippen LogP contribution in [0, 0.1) is 5.92 Å². The van der Waals surface area contributed by atoms with Crippen LogP contribution in [0.1, 0.15) is 25.8 Å². The molecule has 116 valence electrons. The lowest BCUT2D eigenvalue weighted by atomic mass is 9.99. The maximum Gasteiger partial charge on any atom is 0.326 e. The zero-order chi connectivity index (χ0) is 15.8. The molecular weight excluding hydrogens is 292 g/mol. The van der Waals surface area contributed by atoms with Crippen LogP contribution in [0.15, 0.2) is 24.3 Å². The third-order valence-electron chi connectivity index (χ3n) is 3.38. The summed E-state index contributed by atoms with van der Waals surface area (Å²) in [6, 6.07) is 6.03. The van der Waals surface area contributed by atoms with Crippen LogP contribution in [-0.2, 0) is 11.2 Å². The van der Waals surface area contributed by atoms with Crippen LogP contribution in [0.3, 0.4) is 0 Å². The molecule has 5 nitrogen and oxygen atoms in total. The molecule has 0 aliphatic heterocycles. The van der Waals surface area contributed by atoms with E-state index in [0.29, 0.717) is 24.4 Å². The van der Waals surface area contributed by atoms with Gasteiger partial charge in [-0.15, -0.1) is 0 Å². The Morgan fingerprint density at radius 3 is 2.43 bits per heavy atom. The lowest BCUT2D eigenvalue weighted by Crippen LogP contribution is -2.49. The highest BCUT2D eigenvalue weighted by Gasteiger charge is 2.24. The van der Waals surface area contributed by atoms with Gasteiger partial charge < -0.3 is 15.7 Å². The molecule has 0 radical (unpaired) electrons. The van der Waals surface area contributed by atoms with Crippen molar-refractivity contribution in [3.63, 3.8) is 0 Å². The largest absolute Gasteiger partial charge is 0.480 e. The summed E-state index contributed by atoms with van der Waals surface area (Å²) >= 11 is 5.79. The van der Waals surface area contributed by atoms with Gasteiger partial charge in [0.25, 0.3) is 0 Å². The van der Waals surface area contributed by atoms with Crippen molar-refractivity contribution in [2.45, 2.75) is 32.7 Å². The normalized spacial score (nSPS) is 13.3. The number of benzene rings is 1. The number of urea groups is 1. The van der Waals surface area contributed by atoms with E-state index in [-0.39, 0.29) is 5.92 Å². The molecule has 0 spiro atoms. The first-order chi connectivity index (χ1) is 9.93. The topological polar surface area (TPSA) is 78.4 Å². The summed E-state index contributed by atoms with van der Waals surface area (Å²) in [6.45, 7) is 4.12. The summed E-state index contributed by atoms with van der Waals surface area (Å²) in [5.74, 6) is -1.14. The molecule has 0 aliphatic carbocycles. The van der Waals surface area contributed by atoms with E-state index in [1.807, 2.05) is 19.1 Å². The van der Waals surface area contributed by atoms with Gasteiger partial charge in [0.15, 0.2) is 0 Å². The van der Waals surface area contributed by atoms with Gasteiger partial charge in [-0.05, 0) is 30.0 Å². The summed E-state index contributed by atoms with van der Waals surface area (Å²) in [6.07, 6.45) is 1.34. The van der Waals surface area contributed by atoms with E-state index >= 15 is 0 Å². The van der Waals surface area contributed by atoms with Gasteiger partial charge in [0.2, 0.25) is 0 Å². The van der Waals surface area contributed by atoms with Crippen LogP contribution in [0.25, 0.3) is 0 Å². The molecule has 1 rings (SSSR count). The maximum atomic E-state index is 11.7. The molecule has 1 aromatic carbocycles. The minimum Gasteiger partial charge on any atom is -0.480 e. The molecule has 1 aromatic rings. The fourth-order valence-corrected chi connectivity index (χ4v) is 1.97. The molecule has 0 fully saturated rings. The van der Waals surface area contributed by atoms with Crippen molar-refractivity contribution in [3.05, 3.63) is 34.9 Å². The Bertz CT molecular complexity index is 476. The number of carboxylic acids is 1. The fraction of sp³-hybridized carbons (Fsp3) is 0.467. The predicted octanol–water partition coefficient (Wildman–Crippen LogP) is 2.68. The summed E-state index contributed by atoms with van der Waals surface area (Å²) in [5, 5.41) is 14.9. The van der Waals surface area contributed by atoms with Gasteiger partial charge in [0.05, 0.1) is 0 Å². The van der Waals surface area contributed by atoms with Gasteiger partial charge in [-0.25, -0.2) is 9.59 Å². The molecule has 0 bridgehead atoms. The van der Waals surface area contributed by atoms with E-state index in [4.69, 9.17) is 16.7 Å². The molecule has 6 heteroatoms. The van der Waals surface area contributed by atoms with Crippen LogP contribution >= 0.6 is 11.6 Å². The first-order valence-electron chi connectivity index (χ1n) is 6.95. The van der Waals surface area contributed by atoms with Gasteiger partial charge in [-0.3, -0.25) is 0 Å². The number of rotatable bonds is 7. The molecule has 3 N–H and O–H groups in total. The van der Waals surface area contributed by atoms with Gasteiger partial charge in [0, 0.05) is 11.6 Å². The molecule has 0 saturated heterocycles. The highest BCUT2D eigenvalue weighted by molar-refractivity contribution is 6.30. The smallest absolute Gasteiger partial charge is 0.326 e. The van der Waals surface area contributed by atoms with Crippen LogP contribution < -0.4 is 10.6 Å². The van der Waals surface area contributed by atoms with Gasteiger partial charge in [0.1, 0.15) is 6.04 Å². The number of carboxylic acid groups (broad SMARTS) is 1. The number of carbonyl (C=O) groups excluding carboxylic acids is 1. The molecule has 0 aromatic heterocycles. The third-order valence-corrected chi connectivity index (χ3v) is 3.63. The number of nitrogens with one attached hydrogen (secondary N) is 2. The molecule has 21 heavy (non-hydrogen) atoms. The highest BCUT2D eigenvalue weighted by atomic mass is 35.5. The Morgan fingerprint density at radius 2 is 1.90 bits per heavy atom. The molecule has 0 aliphatic rings. The third kappa shape index (κ3) is 6.04. The molecule has 0 saturated carbocycles. The zero-order valence-corrected chi connectivity index (χ0v) is 13.0. The molecule has 2 amide bonds. The zero-order valence-electron chi connectivity index (χ0n) is 12.2. The maximum absolute atomic E-state index is 11.7. The monoisotopic (exact) mass is 312 g/mol. The lowest BCUT2D eigenvalue weighted by molar-refractivity contribution is -0.140. The van der Waals surface area contributed by atoms with Crippen molar-refractivity contribution >= 4 is 23.6 Å². The van der Waals surface area contributed by atoms with E-state index in [0.717, 1.165) is 5.56 Å². The van der Waals surface area contributed by atoms with Crippen molar-refractivity contribution in [1.29, 1.82) is 0 Å². The number of hydrogen-bond donors (Lipinski definition) is 3. The molecule has 0 heterocycles. The number of amides is 2. The number of halogens is 1. The first-order valence-corrected chi connectivity index (χ1v) is 7.33. The van der Waals surface area contributed by atoms with E-state index in [2.05, 4.69) is 10.6 Å². The van der Waals surface area contributed by atoms with Gasteiger partial charge in [-0.2, -0.15) is 0 Å². The van der Waals surface area contributed by atoms with Crippen molar-refractivity contribution in [3.8, 4) is 0 Å². The Labute approximate surface area is 129 Å². The van der Waals surface area contributed by atoms with Crippen molar-refractivity contribution in [2.75, 3.05) is 6.54 Å². The molecular formula is C15H21ClN2O3. The number of hydrogen-bond acceptors (Lipinski definition) is 2. The van der Waals surface area contributed by atoms with Crippen LogP contribution in [-0.4, -0.2) is 29.7 Å². The summed E-state index contributed by atoms with van der Waals surface area (Å²) in [5.41, 5.74) is 1.05. The van der Waals surface area contributed by atoms with Crippen LogP contribution in [0.5, 0.6) is 0 Å².